The van der Waals surface area contributed by atoms with Crippen LogP contribution in [-0.2, 0) is 4.74 Å². The van der Waals surface area contributed by atoms with Gasteiger partial charge in [0.25, 0.3) is 0 Å². The van der Waals surface area contributed by atoms with E-state index in [0.29, 0.717) is 0 Å². The van der Waals surface area contributed by atoms with E-state index in [4.69, 9.17) is 4.74 Å². The van der Waals surface area contributed by atoms with Crippen molar-refractivity contribution >= 4 is 17.7 Å². The molecule has 0 amide bonds. The summed E-state index contributed by atoms with van der Waals surface area (Å²) >= 11 is 4.59. The molecule has 0 aromatic heterocycles. The van der Waals surface area contributed by atoms with Crippen LogP contribution >= 0.6 is 12.2 Å². The Morgan fingerprint density at radius 1 is 1.78 bits per heavy atom. The number of rotatable bonds is 2. The summed E-state index contributed by atoms with van der Waals surface area (Å²) in [6, 6.07) is 0. The summed E-state index contributed by atoms with van der Waals surface area (Å²) in [5.41, 5.74) is 1.48. The SMILES string of the molecule is S=CNC1CNCCO1. The minimum absolute atomic E-state index is 0.0799. The van der Waals surface area contributed by atoms with Crippen LogP contribution in [0.15, 0.2) is 0 Å². The smallest absolute Gasteiger partial charge is 0.140 e. The van der Waals surface area contributed by atoms with Crippen LogP contribution in [0.3, 0.4) is 0 Å². The van der Waals surface area contributed by atoms with Gasteiger partial charge in [0.15, 0.2) is 0 Å². The van der Waals surface area contributed by atoms with E-state index < -0.39 is 0 Å². The fourth-order valence-electron chi connectivity index (χ4n) is 0.748. The molecule has 0 aromatic rings. The minimum atomic E-state index is 0.0799. The summed E-state index contributed by atoms with van der Waals surface area (Å²) in [6.07, 6.45) is 0.0799. The predicted molar refractivity (Wildman–Crippen MR) is 39.4 cm³/mol. The molecule has 0 aliphatic carbocycles. The van der Waals surface area contributed by atoms with Crippen LogP contribution in [0, 0.1) is 0 Å². The molecule has 1 rings (SSSR count). The van der Waals surface area contributed by atoms with Gasteiger partial charge in [-0.3, -0.25) is 0 Å². The van der Waals surface area contributed by atoms with E-state index in [-0.39, 0.29) is 6.23 Å². The highest BCUT2D eigenvalue weighted by Gasteiger charge is 2.09. The molecule has 3 nitrogen and oxygen atoms in total. The second-order valence-corrected chi connectivity index (χ2v) is 2.08. The van der Waals surface area contributed by atoms with Crippen molar-refractivity contribution < 1.29 is 4.74 Å². The van der Waals surface area contributed by atoms with Crippen LogP contribution in [0.5, 0.6) is 0 Å². The highest BCUT2D eigenvalue weighted by atomic mass is 32.1. The number of thiocarbonyl (C=S) groups is 1. The number of hydrogen-bond donors (Lipinski definition) is 2. The van der Waals surface area contributed by atoms with E-state index in [1.165, 1.54) is 5.49 Å². The van der Waals surface area contributed by atoms with Crippen LogP contribution in [0.1, 0.15) is 0 Å². The summed E-state index contributed by atoms with van der Waals surface area (Å²) in [5.74, 6) is 0. The molecule has 1 heterocycles. The van der Waals surface area contributed by atoms with Crippen molar-refractivity contribution in [1.82, 2.24) is 10.6 Å². The summed E-state index contributed by atoms with van der Waals surface area (Å²) in [5, 5.41) is 6.06. The molecule has 1 atom stereocenters. The highest BCUT2D eigenvalue weighted by molar-refractivity contribution is 7.78. The maximum Gasteiger partial charge on any atom is 0.140 e. The monoisotopic (exact) mass is 146 g/mol. The van der Waals surface area contributed by atoms with Crippen molar-refractivity contribution in [3.8, 4) is 0 Å². The first-order valence-corrected chi connectivity index (χ1v) is 3.42. The van der Waals surface area contributed by atoms with Crippen molar-refractivity contribution in [2.75, 3.05) is 19.7 Å². The molecule has 2 N–H and O–H groups in total. The molecule has 1 unspecified atom stereocenters. The van der Waals surface area contributed by atoms with E-state index in [9.17, 15) is 0 Å². The lowest BCUT2D eigenvalue weighted by Crippen LogP contribution is -2.46. The van der Waals surface area contributed by atoms with E-state index in [2.05, 4.69) is 22.9 Å². The molecule has 1 aliphatic heterocycles. The molecule has 52 valence electrons. The van der Waals surface area contributed by atoms with Crippen molar-refractivity contribution in [3.63, 3.8) is 0 Å². The largest absolute Gasteiger partial charge is 0.356 e. The summed E-state index contributed by atoms with van der Waals surface area (Å²) in [7, 11) is 0. The average Bonchev–Trinajstić information content (AvgIpc) is 1.91. The molecular weight excluding hydrogens is 136 g/mol. The van der Waals surface area contributed by atoms with Gasteiger partial charge in [0, 0.05) is 13.1 Å². The molecule has 0 aromatic carbocycles. The van der Waals surface area contributed by atoms with Crippen LogP contribution in [0.25, 0.3) is 0 Å². The van der Waals surface area contributed by atoms with Gasteiger partial charge >= 0.3 is 0 Å². The fraction of sp³-hybridized carbons (Fsp3) is 0.800. The zero-order valence-corrected chi connectivity index (χ0v) is 5.91. The van der Waals surface area contributed by atoms with Gasteiger partial charge in [0.2, 0.25) is 0 Å². The van der Waals surface area contributed by atoms with Gasteiger partial charge in [0.1, 0.15) is 6.23 Å². The quantitative estimate of drug-likeness (QED) is 0.514. The molecule has 9 heavy (non-hydrogen) atoms. The standard InChI is InChI=1S/C5H10N2OS/c9-4-7-5-3-6-1-2-8-5/h4-6H,1-3H2,(H,7,9). The Balaban J connectivity index is 2.15. The average molecular weight is 146 g/mol. The number of nitrogens with one attached hydrogen (secondary N) is 2. The van der Waals surface area contributed by atoms with Gasteiger partial charge in [-0.2, -0.15) is 0 Å². The molecule has 0 saturated carbocycles. The third kappa shape index (κ3) is 2.26. The molecule has 4 heteroatoms. The topological polar surface area (TPSA) is 33.3 Å². The van der Waals surface area contributed by atoms with E-state index >= 15 is 0 Å². The third-order valence-electron chi connectivity index (χ3n) is 1.18. The van der Waals surface area contributed by atoms with Crippen molar-refractivity contribution in [2.24, 2.45) is 0 Å². The fourth-order valence-corrected chi connectivity index (χ4v) is 0.900. The Labute approximate surface area is 59.8 Å². The molecule has 1 saturated heterocycles. The Morgan fingerprint density at radius 2 is 2.67 bits per heavy atom. The van der Waals surface area contributed by atoms with E-state index in [0.717, 1.165) is 19.7 Å². The van der Waals surface area contributed by atoms with Crippen molar-refractivity contribution in [1.29, 1.82) is 0 Å². The number of ether oxygens (including phenoxy) is 1. The Morgan fingerprint density at radius 3 is 3.22 bits per heavy atom. The lowest BCUT2D eigenvalue weighted by Gasteiger charge is -2.22. The number of hydrogen-bond acceptors (Lipinski definition) is 3. The summed E-state index contributed by atoms with van der Waals surface area (Å²) in [6.45, 7) is 2.55. The van der Waals surface area contributed by atoms with Gasteiger partial charge in [-0.1, -0.05) is 12.2 Å². The van der Waals surface area contributed by atoms with Gasteiger partial charge in [0.05, 0.1) is 12.1 Å². The zero-order chi connectivity index (χ0) is 6.53. The first kappa shape index (κ1) is 6.92. The molecular formula is C5H10N2OS. The first-order chi connectivity index (χ1) is 4.43. The molecule has 0 bridgehead atoms. The lowest BCUT2D eigenvalue weighted by atomic mass is 10.4. The van der Waals surface area contributed by atoms with Crippen LogP contribution in [0.2, 0.25) is 0 Å². The highest BCUT2D eigenvalue weighted by Crippen LogP contribution is 1.88. The Kier molecular flexibility index (Phi) is 2.90. The van der Waals surface area contributed by atoms with E-state index in [1.807, 2.05) is 0 Å². The van der Waals surface area contributed by atoms with Crippen LogP contribution in [0.4, 0.5) is 0 Å². The van der Waals surface area contributed by atoms with Crippen LogP contribution < -0.4 is 10.6 Å². The van der Waals surface area contributed by atoms with Gasteiger partial charge in [-0.05, 0) is 0 Å². The molecule has 0 radical (unpaired) electrons. The normalized spacial score (nSPS) is 27.3. The predicted octanol–water partition coefficient (Wildman–Crippen LogP) is -0.521. The molecule has 1 aliphatic rings. The Hall–Kier alpha value is -0.190. The van der Waals surface area contributed by atoms with Crippen molar-refractivity contribution in [3.05, 3.63) is 0 Å². The summed E-state index contributed by atoms with van der Waals surface area (Å²) in [4.78, 5) is 0. The Bertz CT molecular complexity index is 93.0. The van der Waals surface area contributed by atoms with Gasteiger partial charge < -0.3 is 15.4 Å². The van der Waals surface area contributed by atoms with E-state index in [1.54, 1.807) is 0 Å². The maximum atomic E-state index is 5.25. The van der Waals surface area contributed by atoms with Gasteiger partial charge in [-0.25, -0.2) is 0 Å². The van der Waals surface area contributed by atoms with Crippen molar-refractivity contribution in [2.45, 2.75) is 6.23 Å². The minimum Gasteiger partial charge on any atom is -0.356 e. The third-order valence-corrected chi connectivity index (χ3v) is 1.32. The molecule has 1 fully saturated rings. The maximum absolute atomic E-state index is 5.25. The summed E-state index contributed by atoms with van der Waals surface area (Å²) < 4.78 is 5.25. The lowest BCUT2D eigenvalue weighted by molar-refractivity contribution is 0.0207. The van der Waals surface area contributed by atoms with Crippen LogP contribution in [-0.4, -0.2) is 31.4 Å². The second kappa shape index (κ2) is 3.76. The van der Waals surface area contributed by atoms with Gasteiger partial charge in [-0.15, -0.1) is 0 Å². The second-order valence-electron chi connectivity index (χ2n) is 1.85. The molecule has 0 spiro atoms. The zero-order valence-electron chi connectivity index (χ0n) is 5.09. The number of morpholine rings is 1. The first-order valence-electron chi connectivity index (χ1n) is 2.95.